The number of aryl methyl sites for hydroxylation is 1. The fourth-order valence-electron chi connectivity index (χ4n) is 2.12. The molecule has 2 heteroatoms. The smallest absolute Gasteiger partial charge is 0.335 e. The molecule has 0 radical (unpaired) electrons. The van der Waals surface area contributed by atoms with Gasteiger partial charge in [-0.25, -0.2) is 4.79 Å². The van der Waals surface area contributed by atoms with Gasteiger partial charge in [0.1, 0.15) is 0 Å². The zero-order chi connectivity index (χ0) is 16.3. The molecule has 0 aliphatic rings. The van der Waals surface area contributed by atoms with Crippen molar-refractivity contribution in [2.75, 3.05) is 0 Å². The Hall–Kier alpha value is -2.09. The molecule has 114 valence electrons. The molecule has 0 bridgehead atoms. The summed E-state index contributed by atoms with van der Waals surface area (Å²) in [6, 6.07) is 3.61. The Balaban J connectivity index is 0.000000885. The molecule has 0 atom stereocenters. The van der Waals surface area contributed by atoms with Crippen LogP contribution in [-0.2, 0) is 19.3 Å². The molecule has 0 spiro atoms. The first-order chi connectivity index (χ1) is 10.0. The van der Waals surface area contributed by atoms with Crippen LogP contribution in [0.2, 0.25) is 0 Å². The summed E-state index contributed by atoms with van der Waals surface area (Å²) in [5.41, 5.74) is 4.00. The van der Waals surface area contributed by atoms with Crippen molar-refractivity contribution in [3.63, 3.8) is 0 Å². The molecule has 0 saturated carbocycles. The summed E-state index contributed by atoms with van der Waals surface area (Å²) in [6.45, 7) is 12.9. The van der Waals surface area contributed by atoms with Crippen molar-refractivity contribution in [3.05, 3.63) is 71.8 Å². The van der Waals surface area contributed by atoms with E-state index in [9.17, 15) is 4.79 Å². The van der Waals surface area contributed by atoms with Crippen LogP contribution in [0.15, 0.2) is 49.6 Å². The van der Waals surface area contributed by atoms with Crippen molar-refractivity contribution < 1.29 is 9.90 Å². The van der Waals surface area contributed by atoms with E-state index < -0.39 is 5.97 Å². The molecule has 0 amide bonds. The predicted octanol–water partition coefficient (Wildman–Crippen LogP) is 4.99. The van der Waals surface area contributed by atoms with Gasteiger partial charge in [-0.15, -0.1) is 0 Å². The van der Waals surface area contributed by atoms with Gasteiger partial charge >= 0.3 is 5.97 Å². The van der Waals surface area contributed by atoms with E-state index in [0.29, 0.717) is 5.56 Å². The van der Waals surface area contributed by atoms with Crippen molar-refractivity contribution in [1.82, 2.24) is 0 Å². The number of carboxylic acids is 1. The second-order valence-electron chi connectivity index (χ2n) is 4.53. The number of hydrogen-bond donors (Lipinski definition) is 1. The van der Waals surface area contributed by atoms with Crippen LogP contribution in [0.4, 0.5) is 0 Å². The Morgan fingerprint density at radius 1 is 1.14 bits per heavy atom. The molecule has 1 rings (SSSR count). The van der Waals surface area contributed by atoms with Crippen LogP contribution in [0, 0.1) is 0 Å². The maximum absolute atomic E-state index is 11.1. The Kier molecular flexibility index (Phi) is 9.61. The molecule has 0 fully saturated rings. The second-order valence-corrected chi connectivity index (χ2v) is 4.53. The van der Waals surface area contributed by atoms with Crippen LogP contribution in [0.5, 0.6) is 0 Å². The largest absolute Gasteiger partial charge is 0.478 e. The highest BCUT2D eigenvalue weighted by molar-refractivity contribution is 5.88. The van der Waals surface area contributed by atoms with Crippen LogP contribution in [0.25, 0.3) is 0 Å². The summed E-state index contributed by atoms with van der Waals surface area (Å²) in [5.74, 6) is -0.843. The molecule has 0 aliphatic heterocycles. The van der Waals surface area contributed by atoms with Gasteiger partial charge in [0, 0.05) is 0 Å². The van der Waals surface area contributed by atoms with Crippen molar-refractivity contribution in [2.24, 2.45) is 0 Å². The lowest BCUT2D eigenvalue weighted by Gasteiger charge is -2.13. The average molecular weight is 286 g/mol. The maximum Gasteiger partial charge on any atom is 0.335 e. The van der Waals surface area contributed by atoms with Gasteiger partial charge in [0.25, 0.3) is 0 Å². The van der Waals surface area contributed by atoms with Crippen LogP contribution in [-0.4, -0.2) is 11.1 Å². The van der Waals surface area contributed by atoms with Crippen molar-refractivity contribution in [2.45, 2.75) is 40.0 Å². The highest BCUT2D eigenvalue weighted by atomic mass is 16.4. The lowest BCUT2D eigenvalue weighted by molar-refractivity contribution is 0.0696. The normalized spacial score (nSPS) is 9.86. The lowest BCUT2D eigenvalue weighted by Crippen LogP contribution is -2.04. The van der Waals surface area contributed by atoms with Crippen LogP contribution >= 0.6 is 0 Å². The van der Waals surface area contributed by atoms with Gasteiger partial charge in [0.15, 0.2) is 0 Å². The number of rotatable bonds is 6. The van der Waals surface area contributed by atoms with Gasteiger partial charge in [0.2, 0.25) is 0 Å². The van der Waals surface area contributed by atoms with Gasteiger partial charge in [-0.05, 0) is 55.0 Å². The fraction of sp³-hybridized carbons (Fsp3) is 0.316. The van der Waals surface area contributed by atoms with Gasteiger partial charge < -0.3 is 5.11 Å². The van der Waals surface area contributed by atoms with E-state index in [4.69, 9.17) is 5.11 Å². The number of carbonyl (C=O) groups is 1. The summed E-state index contributed by atoms with van der Waals surface area (Å²) in [6.07, 6.45) is 9.99. The summed E-state index contributed by atoms with van der Waals surface area (Å²) in [5, 5.41) is 9.10. The number of allylic oxidation sites excluding steroid dienone is 4. The van der Waals surface area contributed by atoms with E-state index in [1.165, 1.54) is 5.56 Å². The molecule has 0 aromatic heterocycles. The Morgan fingerprint density at radius 2 is 1.71 bits per heavy atom. The number of carboxylic acid groups (broad SMARTS) is 1. The Morgan fingerprint density at radius 3 is 2.10 bits per heavy atom. The first-order valence-electron chi connectivity index (χ1n) is 7.28. The summed E-state index contributed by atoms with van der Waals surface area (Å²) >= 11 is 0. The van der Waals surface area contributed by atoms with Gasteiger partial charge in [-0.1, -0.05) is 51.3 Å². The van der Waals surface area contributed by atoms with Crippen molar-refractivity contribution in [1.29, 1.82) is 0 Å². The predicted molar refractivity (Wildman–Crippen MR) is 91.1 cm³/mol. The standard InChI is InChI=1S/C15H20O2.C4H6/c1-4-7-8-12-10-13(15(16)17)9-11(5-2)14(12)6-3;1-3-4-2/h4,7,9-10H,5-6,8H2,1-3H3,(H,16,17);3-4H,1-2H2/b7-4-;. The fourth-order valence-corrected chi connectivity index (χ4v) is 2.12. The van der Waals surface area contributed by atoms with Crippen LogP contribution < -0.4 is 0 Å². The molecule has 0 heterocycles. The molecule has 0 unspecified atom stereocenters. The molecule has 1 N–H and O–H groups in total. The first-order valence-corrected chi connectivity index (χ1v) is 7.28. The van der Waals surface area contributed by atoms with Crippen molar-refractivity contribution in [3.8, 4) is 0 Å². The molecule has 1 aromatic rings. The van der Waals surface area contributed by atoms with E-state index in [-0.39, 0.29) is 0 Å². The Labute approximate surface area is 128 Å². The van der Waals surface area contributed by atoms with Gasteiger partial charge in [-0.3, -0.25) is 0 Å². The summed E-state index contributed by atoms with van der Waals surface area (Å²) < 4.78 is 0. The van der Waals surface area contributed by atoms with E-state index in [0.717, 1.165) is 30.4 Å². The average Bonchev–Trinajstić information content (AvgIpc) is 2.51. The third-order valence-corrected chi connectivity index (χ3v) is 3.16. The van der Waals surface area contributed by atoms with E-state index in [1.54, 1.807) is 24.3 Å². The van der Waals surface area contributed by atoms with Gasteiger partial charge in [-0.2, -0.15) is 0 Å². The Bertz CT molecular complexity index is 505. The van der Waals surface area contributed by atoms with Crippen LogP contribution in [0.1, 0.15) is 47.8 Å². The van der Waals surface area contributed by atoms with Gasteiger partial charge in [0.05, 0.1) is 5.56 Å². The second kappa shape index (κ2) is 10.7. The topological polar surface area (TPSA) is 37.3 Å². The number of hydrogen-bond acceptors (Lipinski definition) is 1. The molecular formula is C19H26O2. The zero-order valence-corrected chi connectivity index (χ0v) is 13.4. The third kappa shape index (κ3) is 6.26. The number of aromatic carboxylic acids is 1. The van der Waals surface area contributed by atoms with E-state index in [1.807, 2.05) is 13.0 Å². The minimum atomic E-state index is -0.843. The zero-order valence-electron chi connectivity index (χ0n) is 13.4. The number of benzene rings is 1. The summed E-state index contributed by atoms with van der Waals surface area (Å²) in [4.78, 5) is 11.1. The quantitative estimate of drug-likeness (QED) is 0.591. The van der Waals surface area contributed by atoms with Crippen molar-refractivity contribution >= 4 is 5.97 Å². The summed E-state index contributed by atoms with van der Waals surface area (Å²) in [7, 11) is 0. The lowest BCUT2D eigenvalue weighted by atomic mass is 9.92. The SMILES string of the molecule is C/C=C\Cc1cc(C(=O)O)cc(CC)c1CC.C=CC=C. The molecule has 21 heavy (non-hydrogen) atoms. The molecular weight excluding hydrogens is 260 g/mol. The highest BCUT2D eigenvalue weighted by Gasteiger charge is 2.11. The molecule has 0 aliphatic carbocycles. The van der Waals surface area contributed by atoms with E-state index in [2.05, 4.69) is 33.1 Å². The minimum absolute atomic E-state index is 0.401. The molecule has 1 aromatic carbocycles. The third-order valence-electron chi connectivity index (χ3n) is 3.16. The maximum atomic E-state index is 11.1. The minimum Gasteiger partial charge on any atom is -0.478 e. The monoisotopic (exact) mass is 286 g/mol. The van der Waals surface area contributed by atoms with E-state index >= 15 is 0 Å². The molecule has 2 nitrogen and oxygen atoms in total. The molecule has 0 saturated heterocycles. The van der Waals surface area contributed by atoms with Crippen LogP contribution in [0.3, 0.4) is 0 Å². The first kappa shape index (κ1) is 18.9. The highest BCUT2D eigenvalue weighted by Crippen LogP contribution is 2.20.